The van der Waals surface area contributed by atoms with Gasteiger partial charge in [-0.25, -0.2) is 22.3 Å². The van der Waals surface area contributed by atoms with E-state index in [1.807, 2.05) is 0 Å². The number of hydrogen-bond donors (Lipinski definition) is 0. The molecule has 1 aliphatic heterocycles. The van der Waals surface area contributed by atoms with Gasteiger partial charge in [-0.15, -0.1) is 0 Å². The van der Waals surface area contributed by atoms with Crippen molar-refractivity contribution >= 4 is 22.0 Å². The molecule has 1 aromatic rings. The second-order valence-electron chi connectivity index (χ2n) is 5.67. The Kier molecular flexibility index (Phi) is 5.95. The van der Waals surface area contributed by atoms with Gasteiger partial charge in [0, 0.05) is 13.1 Å². The Morgan fingerprint density at radius 1 is 1.08 bits per heavy atom. The molecule has 0 N–H and O–H groups in total. The van der Waals surface area contributed by atoms with Crippen LogP contribution in [-0.4, -0.2) is 56.7 Å². The fraction of sp³-hybridized carbons (Fsp3) is 0.500. The number of nitrogens with zero attached hydrogens (tertiary/aromatic N) is 1. The molecule has 1 aromatic carbocycles. The first-order valence-corrected chi connectivity index (χ1v) is 9.31. The second kappa shape index (κ2) is 7.76. The average Bonchev–Trinajstić information content (AvgIpc) is 3.09. The van der Waals surface area contributed by atoms with Gasteiger partial charge >= 0.3 is 11.9 Å². The van der Waals surface area contributed by atoms with Crippen molar-refractivity contribution in [2.45, 2.75) is 25.9 Å². The summed E-state index contributed by atoms with van der Waals surface area (Å²) in [6, 6.07) is 5.79. The first-order chi connectivity index (χ1) is 11.3. The minimum atomic E-state index is -3.41. The van der Waals surface area contributed by atoms with E-state index in [1.165, 1.54) is 35.7 Å². The number of rotatable bonds is 6. The van der Waals surface area contributed by atoms with Gasteiger partial charge in [0.15, 0.2) is 0 Å². The van der Waals surface area contributed by atoms with Gasteiger partial charge in [0.2, 0.25) is 10.0 Å². The van der Waals surface area contributed by atoms with Gasteiger partial charge < -0.3 is 9.47 Å². The first kappa shape index (κ1) is 18.4. The molecule has 0 spiro atoms. The number of carbonyl (C=O) groups excluding carboxylic acids is 2. The lowest BCUT2D eigenvalue weighted by molar-refractivity contribution is 0.0381. The predicted molar refractivity (Wildman–Crippen MR) is 87.3 cm³/mol. The highest BCUT2D eigenvalue weighted by Crippen LogP contribution is 2.15. The Morgan fingerprint density at radius 3 is 2.08 bits per heavy atom. The summed E-state index contributed by atoms with van der Waals surface area (Å²) in [6.45, 7) is 2.60. The van der Waals surface area contributed by atoms with Gasteiger partial charge in [-0.1, -0.05) is 0 Å². The van der Waals surface area contributed by atoms with E-state index in [0.717, 1.165) is 12.8 Å². The molecule has 1 aliphatic rings. The van der Waals surface area contributed by atoms with Crippen molar-refractivity contribution in [1.82, 2.24) is 4.31 Å². The summed E-state index contributed by atoms with van der Waals surface area (Å²) in [5, 5.41) is 0. The lowest BCUT2D eigenvalue weighted by Gasteiger charge is -2.19. The summed E-state index contributed by atoms with van der Waals surface area (Å²) in [6.07, 6.45) is 0.961. The zero-order valence-electron chi connectivity index (χ0n) is 13.7. The maximum absolute atomic E-state index is 12.2. The highest BCUT2D eigenvalue weighted by atomic mass is 32.2. The largest absolute Gasteiger partial charge is 0.465 e. The fourth-order valence-corrected chi connectivity index (χ4v) is 4.20. The van der Waals surface area contributed by atoms with Crippen LogP contribution in [-0.2, 0) is 19.5 Å². The molecule has 0 saturated carbocycles. The van der Waals surface area contributed by atoms with E-state index in [0.29, 0.717) is 18.7 Å². The average molecular weight is 355 g/mol. The molecule has 7 nitrogen and oxygen atoms in total. The smallest absolute Gasteiger partial charge is 0.338 e. The van der Waals surface area contributed by atoms with Crippen molar-refractivity contribution in [3.63, 3.8) is 0 Å². The molecule has 1 fully saturated rings. The van der Waals surface area contributed by atoms with Crippen molar-refractivity contribution in [2.24, 2.45) is 0 Å². The van der Waals surface area contributed by atoms with E-state index >= 15 is 0 Å². The van der Waals surface area contributed by atoms with E-state index in [9.17, 15) is 18.0 Å². The molecule has 8 heteroatoms. The number of esters is 2. The fourth-order valence-electron chi connectivity index (χ4n) is 2.51. The maximum atomic E-state index is 12.2. The van der Waals surface area contributed by atoms with E-state index in [4.69, 9.17) is 4.74 Å². The first-order valence-electron chi connectivity index (χ1n) is 7.70. The van der Waals surface area contributed by atoms with Gasteiger partial charge in [0.1, 0.15) is 11.9 Å². The summed E-state index contributed by atoms with van der Waals surface area (Å²) in [7, 11) is -2.14. The van der Waals surface area contributed by atoms with Crippen LogP contribution in [0.4, 0.5) is 0 Å². The minimum absolute atomic E-state index is 0.237. The van der Waals surface area contributed by atoms with Crippen LogP contribution in [0.3, 0.4) is 0 Å². The zero-order valence-corrected chi connectivity index (χ0v) is 14.5. The quantitative estimate of drug-likeness (QED) is 0.718. The van der Waals surface area contributed by atoms with Gasteiger partial charge in [-0.3, -0.25) is 0 Å². The van der Waals surface area contributed by atoms with Crippen LogP contribution in [0.1, 0.15) is 40.5 Å². The third-order valence-electron chi connectivity index (χ3n) is 3.75. The van der Waals surface area contributed by atoms with Gasteiger partial charge in [0.05, 0.1) is 18.2 Å². The second-order valence-corrected chi connectivity index (χ2v) is 7.68. The van der Waals surface area contributed by atoms with Crippen molar-refractivity contribution < 1.29 is 27.5 Å². The van der Waals surface area contributed by atoms with E-state index < -0.39 is 28.1 Å². The topological polar surface area (TPSA) is 90.0 Å². The Labute approximate surface area is 141 Å². The van der Waals surface area contributed by atoms with Crippen LogP contribution in [0.5, 0.6) is 0 Å². The summed E-state index contributed by atoms with van der Waals surface area (Å²) in [4.78, 5) is 23.4. The van der Waals surface area contributed by atoms with Crippen molar-refractivity contribution in [2.75, 3.05) is 26.0 Å². The van der Waals surface area contributed by atoms with E-state index in [1.54, 1.807) is 6.92 Å². The lowest BCUT2D eigenvalue weighted by atomic mass is 10.1. The van der Waals surface area contributed by atoms with Gasteiger partial charge in [-0.05, 0) is 44.0 Å². The monoisotopic (exact) mass is 355 g/mol. The van der Waals surface area contributed by atoms with E-state index in [2.05, 4.69) is 4.74 Å². The van der Waals surface area contributed by atoms with Crippen molar-refractivity contribution in [3.05, 3.63) is 35.4 Å². The van der Waals surface area contributed by atoms with Crippen LogP contribution < -0.4 is 0 Å². The lowest BCUT2D eigenvalue weighted by Crippen LogP contribution is -2.35. The molecule has 1 saturated heterocycles. The molecule has 1 atom stereocenters. The van der Waals surface area contributed by atoms with Crippen LogP contribution in [0, 0.1) is 0 Å². The predicted octanol–water partition coefficient (Wildman–Crippen LogP) is 1.44. The Balaban J connectivity index is 1.94. The van der Waals surface area contributed by atoms with Crippen molar-refractivity contribution in [1.29, 1.82) is 0 Å². The number of ether oxygens (including phenoxy) is 2. The molecule has 0 aromatic heterocycles. The molecular weight excluding hydrogens is 334 g/mol. The summed E-state index contributed by atoms with van der Waals surface area (Å²) in [5.41, 5.74) is 0.562. The van der Waals surface area contributed by atoms with Crippen LogP contribution >= 0.6 is 0 Å². The Bertz CT molecular complexity index is 692. The highest BCUT2D eigenvalue weighted by Gasteiger charge is 2.28. The molecule has 24 heavy (non-hydrogen) atoms. The number of benzene rings is 1. The summed E-state index contributed by atoms with van der Waals surface area (Å²) < 4.78 is 35.6. The maximum Gasteiger partial charge on any atom is 0.338 e. The number of sulfonamides is 1. The summed E-state index contributed by atoms with van der Waals surface area (Å²) in [5.74, 6) is -1.37. The molecule has 1 heterocycles. The van der Waals surface area contributed by atoms with Gasteiger partial charge in [0.25, 0.3) is 0 Å². The molecule has 0 amide bonds. The Morgan fingerprint density at radius 2 is 1.58 bits per heavy atom. The SMILES string of the molecule is COC(=O)c1ccc(C(=O)OC(C)CS(=O)(=O)N2CCCC2)cc1. The number of methoxy groups -OCH3 is 1. The highest BCUT2D eigenvalue weighted by molar-refractivity contribution is 7.89. The van der Waals surface area contributed by atoms with Crippen molar-refractivity contribution in [3.8, 4) is 0 Å². The van der Waals surface area contributed by atoms with Crippen LogP contribution in [0.15, 0.2) is 24.3 Å². The third-order valence-corrected chi connectivity index (χ3v) is 5.80. The standard InChI is InChI=1S/C16H21NO6S/c1-12(11-24(20,21)17-9-3-4-10-17)23-16(19)14-7-5-13(6-8-14)15(18)22-2/h5-8,12H,3-4,9-11H2,1-2H3. The van der Waals surface area contributed by atoms with Crippen LogP contribution in [0.2, 0.25) is 0 Å². The molecular formula is C16H21NO6S. The number of hydrogen-bond acceptors (Lipinski definition) is 6. The third kappa shape index (κ3) is 4.55. The molecule has 1 unspecified atom stereocenters. The minimum Gasteiger partial charge on any atom is -0.465 e. The van der Waals surface area contributed by atoms with E-state index in [-0.39, 0.29) is 11.3 Å². The van der Waals surface area contributed by atoms with Gasteiger partial charge in [-0.2, -0.15) is 0 Å². The molecule has 132 valence electrons. The number of carbonyl (C=O) groups is 2. The normalized spacial score (nSPS) is 16.6. The molecule has 0 aliphatic carbocycles. The Hall–Kier alpha value is -1.93. The van der Waals surface area contributed by atoms with Crippen LogP contribution in [0.25, 0.3) is 0 Å². The molecule has 0 bridgehead atoms. The summed E-state index contributed by atoms with van der Waals surface area (Å²) >= 11 is 0. The molecule has 0 radical (unpaired) electrons. The molecule has 2 rings (SSSR count). The zero-order chi connectivity index (χ0) is 17.7.